The summed E-state index contributed by atoms with van der Waals surface area (Å²) in [5, 5.41) is 3.35. The van der Waals surface area contributed by atoms with Gasteiger partial charge in [-0.2, -0.15) is 0 Å². The SMILES string of the molecule is CC(C)=CCNCCOC1CCCCC1. The van der Waals surface area contributed by atoms with Gasteiger partial charge in [0.05, 0.1) is 12.7 Å². The third kappa shape index (κ3) is 6.69. The van der Waals surface area contributed by atoms with E-state index >= 15 is 0 Å². The van der Waals surface area contributed by atoms with Crippen molar-refractivity contribution in [2.45, 2.75) is 52.1 Å². The molecule has 1 aliphatic carbocycles. The van der Waals surface area contributed by atoms with Crippen LogP contribution < -0.4 is 5.32 Å². The van der Waals surface area contributed by atoms with Gasteiger partial charge in [0.15, 0.2) is 0 Å². The maximum atomic E-state index is 5.81. The standard InChI is InChI=1S/C13H25NO/c1-12(2)8-9-14-10-11-15-13-6-4-3-5-7-13/h8,13-14H,3-7,9-11H2,1-2H3. The first-order chi connectivity index (χ1) is 7.29. The lowest BCUT2D eigenvalue weighted by atomic mass is 9.98. The van der Waals surface area contributed by atoms with E-state index in [1.54, 1.807) is 0 Å². The van der Waals surface area contributed by atoms with Crippen LogP contribution in [-0.4, -0.2) is 25.8 Å². The number of hydrogen-bond donors (Lipinski definition) is 1. The smallest absolute Gasteiger partial charge is 0.0594 e. The van der Waals surface area contributed by atoms with E-state index in [9.17, 15) is 0 Å². The number of hydrogen-bond acceptors (Lipinski definition) is 2. The molecule has 0 saturated heterocycles. The van der Waals surface area contributed by atoms with Crippen molar-refractivity contribution in [1.82, 2.24) is 5.32 Å². The molecule has 0 amide bonds. The van der Waals surface area contributed by atoms with Gasteiger partial charge >= 0.3 is 0 Å². The Hall–Kier alpha value is -0.340. The van der Waals surface area contributed by atoms with E-state index in [-0.39, 0.29) is 0 Å². The van der Waals surface area contributed by atoms with E-state index in [1.165, 1.54) is 37.7 Å². The van der Waals surface area contributed by atoms with Crippen LogP contribution in [0, 0.1) is 0 Å². The fourth-order valence-electron chi connectivity index (χ4n) is 1.91. The van der Waals surface area contributed by atoms with Gasteiger partial charge in [0.2, 0.25) is 0 Å². The summed E-state index contributed by atoms with van der Waals surface area (Å²) in [4.78, 5) is 0. The molecule has 0 spiro atoms. The van der Waals surface area contributed by atoms with Crippen molar-refractivity contribution >= 4 is 0 Å². The number of rotatable bonds is 6. The van der Waals surface area contributed by atoms with Crippen LogP contribution in [0.1, 0.15) is 46.0 Å². The zero-order chi connectivity index (χ0) is 10.9. The molecule has 0 atom stereocenters. The second kappa shape index (κ2) is 7.89. The lowest BCUT2D eigenvalue weighted by molar-refractivity contribution is 0.0306. The zero-order valence-corrected chi connectivity index (χ0v) is 10.2. The summed E-state index contributed by atoms with van der Waals surface area (Å²) in [6.45, 7) is 7.05. The van der Waals surface area contributed by atoms with Crippen LogP contribution in [0.4, 0.5) is 0 Å². The summed E-state index contributed by atoms with van der Waals surface area (Å²) < 4.78 is 5.81. The summed E-state index contributed by atoms with van der Waals surface area (Å²) in [6.07, 6.45) is 9.41. The molecule has 0 aromatic rings. The summed E-state index contributed by atoms with van der Waals surface area (Å²) in [5.41, 5.74) is 1.37. The minimum absolute atomic E-state index is 0.545. The number of ether oxygens (including phenoxy) is 1. The molecule has 2 heteroatoms. The monoisotopic (exact) mass is 211 g/mol. The molecule has 0 heterocycles. The van der Waals surface area contributed by atoms with Crippen molar-refractivity contribution in [3.8, 4) is 0 Å². The molecule has 0 aromatic carbocycles. The van der Waals surface area contributed by atoms with Crippen LogP contribution in [-0.2, 0) is 4.74 Å². The molecule has 0 aliphatic heterocycles. The van der Waals surface area contributed by atoms with Crippen LogP contribution in [0.2, 0.25) is 0 Å². The van der Waals surface area contributed by atoms with Crippen molar-refractivity contribution in [3.63, 3.8) is 0 Å². The fourth-order valence-corrected chi connectivity index (χ4v) is 1.91. The van der Waals surface area contributed by atoms with Gasteiger partial charge in [0.1, 0.15) is 0 Å². The molecule has 0 radical (unpaired) electrons. The quantitative estimate of drug-likeness (QED) is 0.539. The first-order valence-electron chi connectivity index (χ1n) is 6.24. The van der Waals surface area contributed by atoms with E-state index in [4.69, 9.17) is 4.74 Å². The predicted molar refractivity (Wildman–Crippen MR) is 65.1 cm³/mol. The summed E-state index contributed by atoms with van der Waals surface area (Å²) in [6, 6.07) is 0. The molecule has 1 saturated carbocycles. The highest BCUT2D eigenvalue weighted by Crippen LogP contribution is 2.19. The highest BCUT2D eigenvalue weighted by atomic mass is 16.5. The molecule has 0 bridgehead atoms. The fraction of sp³-hybridized carbons (Fsp3) is 0.846. The van der Waals surface area contributed by atoms with Crippen molar-refractivity contribution in [2.75, 3.05) is 19.7 Å². The van der Waals surface area contributed by atoms with E-state index in [1.807, 2.05) is 0 Å². The summed E-state index contributed by atoms with van der Waals surface area (Å²) in [5.74, 6) is 0. The second-order valence-electron chi connectivity index (χ2n) is 4.62. The molecule has 1 N–H and O–H groups in total. The Bertz CT molecular complexity index is 179. The first-order valence-corrected chi connectivity index (χ1v) is 6.24. The van der Waals surface area contributed by atoms with Gasteiger partial charge in [-0.25, -0.2) is 0 Å². The van der Waals surface area contributed by atoms with E-state index in [0.717, 1.165) is 19.7 Å². The minimum atomic E-state index is 0.545. The summed E-state index contributed by atoms with van der Waals surface area (Å²) in [7, 11) is 0. The van der Waals surface area contributed by atoms with Crippen LogP contribution in [0.25, 0.3) is 0 Å². The van der Waals surface area contributed by atoms with Crippen LogP contribution >= 0.6 is 0 Å². The molecule has 1 fully saturated rings. The Balaban J connectivity index is 1.90. The van der Waals surface area contributed by atoms with Gasteiger partial charge < -0.3 is 10.1 Å². The predicted octanol–water partition coefficient (Wildman–Crippen LogP) is 2.89. The van der Waals surface area contributed by atoms with Crippen molar-refractivity contribution in [3.05, 3.63) is 11.6 Å². The summed E-state index contributed by atoms with van der Waals surface area (Å²) >= 11 is 0. The third-order valence-electron chi connectivity index (χ3n) is 2.84. The van der Waals surface area contributed by atoms with Gasteiger partial charge in [-0.3, -0.25) is 0 Å². The van der Waals surface area contributed by atoms with Crippen LogP contribution in [0.5, 0.6) is 0 Å². The highest BCUT2D eigenvalue weighted by molar-refractivity contribution is 4.94. The van der Waals surface area contributed by atoms with Crippen LogP contribution in [0.15, 0.2) is 11.6 Å². The largest absolute Gasteiger partial charge is 0.377 e. The molecular formula is C13H25NO. The molecule has 88 valence electrons. The average molecular weight is 211 g/mol. The van der Waals surface area contributed by atoms with E-state index in [2.05, 4.69) is 25.2 Å². The van der Waals surface area contributed by atoms with Gasteiger partial charge in [0.25, 0.3) is 0 Å². The Morgan fingerprint density at radius 1 is 1.27 bits per heavy atom. The first kappa shape index (κ1) is 12.7. The number of nitrogens with one attached hydrogen (secondary N) is 1. The Morgan fingerprint density at radius 3 is 2.67 bits per heavy atom. The Labute approximate surface area is 94.1 Å². The van der Waals surface area contributed by atoms with Crippen molar-refractivity contribution in [2.24, 2.45) is 0 Å². The maximum absolute atomic E-state index is 5.81. The third-order valence-corrected chi connectivity index (χ3v) is 2.84. The lowest BCUT2D eigenvalue weighted by Gasteiger charge is -2.21. The van der Waals surface area contributed by atoms with Gasteiger partial charge in [0, 0.05) is 13.1 Å². The van der Waals surface area contributed by atoms with Crippen LogP contribution in [0.3, 0.4) is 0 Å². The molecule has 0 unspecified atom stereocenters. The lowest BCUT2D eigenvalue weighted by Crippen LogP contribution is -2.24. The van der Waals surface area contributed by atoms with Crippen molar-refractivity contribution in [1.29, 1.82) is 0 Å². The molecule has 1 aliphatic rings. The average Bonchev–Trinajstić information content (AvgIpc) is 2.24. The molecular weight excluding hydrogens is 186 g/mol. The normalized spacial score (nSPS) is 17.7. The van der Waals surface area contributed by atoms with Crippen molar-refractivity contribution < 1.29 is 4.74 Å². The maximum Gasteiger partial charge on any atom is 0.0594 e. The minimum Gasteiger partial charge on any atom is -0.377 e. The molecule has 2 nitrogen and oxygen atoms in total. The molecule has 0 aromatic heterocycles. The molecule has 1 rings (SSSR count). The van der Waals surface area contributed by atoms with E-state index in [0.29, 0.717) is 6.10 Å². The number of allylic oxidation sites excluding steroid dienone is 1. The molecule has 15 heavy (non-hydrogen) atoms. The second-order valence-corrected chi connectivity index (χ2v) is 4.62. The zero-order valence-electron chi connectivity index (χ0n) is 10.2. The highest BCUT2D eigenvalue weighted by Gasteiger charge is 2.12. The van der Waals surface area contributed by atoms with E-state index < -0.39 is 0 Å². The van der Waals surface area contributed by atoms with Gasteiger partial charge in [-0.1, -0.05) is 30.9 Å². The van der Waals surface area contributed by atoms with Gasteiger partial charge in [-0.05, 0) is 26.7 Å². The Kier molecular flexibility index (Phi) is 6.69. The topological polar surface area (TPSA) is 21.3 Å². The van der Waals surface area contributed by atoms with Gasteiger partial charge in [-0.15, -0.1) is 0 Å². The Morgan fingerprint density at radius 2 is 2.00 bits per heavy atom.